The summed E-state index contributed by atoms with van der Waals surface area (Å²) < 4.78 is 31.2. The van der Waals surface area contributed by atoms with Gasteiger partial charge in [0.25, 0.3) is 0 Å². The monoisotopic (exact) mass is 288 g/mol. The van der Waals surface area contributed by atoms with E-state index in [0.29, 0.717) is 17.2 Å². The lowest BCUT2D eigenvalue weighted by Gasteiger charge is -2.10. The Morgan fingerprint density at radius 3 is 2.63 bits per heavy atom. The maximum Gasteiger partial charge on any atom is 0.248 e. The number of halogens is 3. The molecule has 1 aliphatic rings. The van der Waals surface area contributed by atoms with Gasteiger partial charge in [0.15, 0.2) is 5.78 Å². The van der Waals surface area contributed by atoms with Crippen LogP contribution in [-0.2, 0) is 4.79 Å². The average Bonchev–Trinajstić information content (AvgIpc) is 2.68. The van der Waals surface area contributed by atoms with Gasteiger partial charge in [-0.25, -0.2) is 8.78 Å². The van der Waals surface area contributed by atoms with Crippen molar-refractivity contribution < 1.29 is 18.3 Å². The predicted molar refractivity (Wildman–Crippen MR) is 68.9 cm³/mol. The summed E-state index contributed by atoms with van der Waals surface area (Å²) in [7, 11) is 0. The summed E-state index contributed by atoms with van der Waals surface area (Å²) >= 11 is 5.72. The minimum absolute atomic E-state index is 0.0797. The number of carbonyl (C=O) groups excluding carboxylic acids is 1. The van der Waals surface area contributed by atoms with Crippen LogP contribution < -0.4 is 4.74 Å². The number of rotatable bonds is 5. The third-order valence-electron chi connectivity index (χ3n) is 3.24. The first kappa shape index (κ1) is 14.3. The molecule has 1 unspecified atom stereocenters. The molecule has 1 atom stereocenters. The van der Waals surface area contributed by atoms with Crippen LogP contribution in [0.2, 0.25) is 5.02 Å². The zero-order chi connectivity index (χ0) is 13.9. The molecular weight excluding hydrogens is 274 g/mol. The maximum atomic E-state index is 13.0. The molecule has 1 saturated carbocycles. The van der Waals surface area contributed by atoms with Gasteiger partial charge in [-0.3, -0.25) is 4.79 Å². The highest BCUT2D eigenvalue weighted by Gasteiger charge is 2.39. The van der Waals surface area contributed by atoms with E-state index in [1.54, 1.807) is 24.3 Å². The van der Waals surface area contributed by atoms with Gasteiger partial charge in [-0.15, -0.1) is 0 Å². The van der Waals surface area contributed by atoms with Crippen molar-refractivity contribution in [2.24, 2.45) is 5.92 Å². The highest BCUT2D eigenvalue weighted by molar-refractivity contribution is 6.30. The van der Waals surface area contributed by atoms with Crippen LogP contribution >= 0.6 is 11.6 Å². The van der Waals surface area contributed by atoms with E-state index in [1.807, 2.05) is 0 Å². The van der Waals surface area contributed by atoms with Crippen molar-refractivity contribution in [3.63, 3.8) is 0 Å². The van der Waals surface area contributed by atoms with Crippen molar-refractivity contribution in [1.29, 1.82) is 0 Å². The molecule has 0 saturated heterocycles. The summed E-state index contributed by atoms with van der Waals surface area (Å²) in [5.41, 5.74) is 0. The van der Waals surface area contributed by atoms with E-state index in [9.17, 15) is 13.6 Å². The second-order valence-electron chi connectivity index (χ2n) is 4.95. The zero-order valence-corrected chi connectivity index (χ0v) is 11.1. The first-order valence-electron chi connectivity index (χ1n) is 6.22. The van der Waals surface area contributed by atoms with Gasteiger partial charge in [0.05, 0.1) is 0 Å². The molecule has 0 heterocycles. The van der Waals surface area contributed by atoms with Crippen LogP contribution in [0.4, 0.5) is 8.78 Å². The van der Waals surface area contributed by atoms with E-state index in [2.05, 4.69) is 0 Å². The third kappa shape index (κ3) is 4.46. The van der Waals surface area contributed by atoms with Crippen LogP contribution in [0.5, 0.6) is 5.75 Å². The van der Waals surface area contributed by atoms with Gasteiger partial charge in [0.1, 0.15) is 12.4 Å². The summed E-state index contributed by atoms with van der Waals surface area (Å²) in [6, 6.07) is 6.66. The normalized spacial score (nSPS) is 21.3. The standard InChI is InChI=1S/C14H15ClF2O2/c15-11-1-3-13(4-2-11)19-9-12(18)7-10-5-6-14(16,17)8-10/h1-4,10H,5-9H2. The number of alkyl halides is 2. The van der Waals surface area contributed by atoms with Gasteiger partial charge in [-0.1, -0.05) is 11.6 Å². The van der Waals surface area contributed by atoms with Gasteiger partial charge >= 0.3 is 0 Å². The summed E-state index contributed by atoms with van der Waals surface area (Å²) in [5, 5.41) is 0.590. The summed E-state index contributed by atoms with van der Waals surface area (Å²) in [4.78, 5) is 11.7. The minimum atomic E-state index is -2.60. The Kier molecular flexibility index (Phi) is 4.40. The van der Waals surface area contributed by atoms with Crippen LogP contribution in [0.3, 0.4) is 0 Å². The smallest absolute Gasteiger partial charge is 0.248 e. The van der Waals surface area contributed by atoms with E-state index in [-0.39, 0.29) is 37.6 Å². The SMILES string of the molecule is O=C(COc1ccc(Cl)cc1)CC1CCC(F)(F)C1. The predicted octanol–water partition coefficient (Wildman–Crippen LogP) is 4.11. The second kappa shape index (κ2) is 5.87. The van der Waals surface area contributed by atoms with Crippen LogP contribution in [0.15, 0.2) is 24.3 Å². The van der Waals surface area contributed by atoms with E-state index in [1.165, 1.54) is 0 Å². The summed E-state index contributed by atoms with van der Waals surface area (Å²) in [6.45, 7) is -0.0797. The molecule has 0 spiro atoms. The second-order valence-corrected chi connectivity index (χ2v) is 5.39. The summed E-state index contributed by atoms with van der Waals surface area (Å²) in [6.07, 6.45) is 0.297. The number of Topliss-reactive ketones (excluding diaryl/α,β-unsaturated/α-hetero) is 1. The highest BCUT2D eigenvalue weighted by Crippen LogP contribution is 2.40. The summed E-state index contributed by atoms with van der Waals surface area (Å²) in [5.74, 6) is -2.40. The maximum absolute atomic E-state index is 13.0. The Hall–Kier alpha value is -1.16. The van der Waals surface area contributed by atoms with Gasteiger partial charge in [-0.05, 0) is 36.6 Å². The molecular formula is C14H15ClF2O2. The molecule has 1 aromatic rings. The number of benzene rings is 1. The molecule has 2 rings (SSSR count). The van der Waals surface area contributed by atoms with E-state index < -0.39 is 5.92 Å². The first-order valence-corrected chi connectivity index (χ1v) is 6.60. The Morgan fingerprint density at radius 2 is 2.05 bits per heavy atom. The lowest BCUT2D eigenvalue weighted by Crippen LogP contribution is -2.16. The largest absolute Gasteiger partial charge is 0.486 e. The van der Waals surface area contributed by atoms with Crippen molar-refractivity contribution >= 4 is 17.4 Å². The topological polar surface area (TPSA) is 26.3 Å². The molecule has 0 aliphatic heterocycles. The third-order valence-corrected chi connectivity index (χ3v) is 3.49. The van der Waals surface area contributed by atoms with Crippen LogP contribution in [0.25, 0.3) is 0 Å². The molecule has 2 nitrogen and oxygen atoms in total. The van der Waals surface area contributed by atoms with E-state index in [4.69, 9.17) is 16.3 Å². The first-order chi connectivity index (χ1) is 8.94. The molecule has 104 valence electrons. The lowest BCUT2D eigenvalue weighted by molar-refractivity contribution is -0.122. The quantitative estimate of drug-likeness (QED) is 0.815. The molecule has 5 heteroatoms. The zero-order valence-electron chi connectivity index (χ0n) is 10.4. The lowest BCUT2D eigenvalue weighted by atomic mass is 10.0. The van der Waals surface area contributed by atoms with Gasteiger partial charge in [0, 0.05) is 24.3 Å². The molecule has 0 N–H and O–H groups in total. The van der Waals surface area contributed by atoms with Gasteiger partial charge in [-0.2, -0.15) is 0 Å². The molecule has 0 aromatic heterocycles. The fraction of sp³-hybridized carbons (Fsp3) is 0.500. The van der Waals surface area contributed by atoms with Crippen LogP contribution in [-0.4, -0.2) is 18.3 Å². The fourth-order valence-corrected chi connectivity index (χ4v) is 2.42. The van der Waals surface area contributed by atoms with Gasteiger partial charge in [0.2, 0.25) is 5.92 Å². The molecule has 19 heavy (non-hydrogen) atoms. The van der Waals surface area contributed by atoms with E-state index >= 15 is 0 Å². The molecule has 0 bridgehead atoms. The van der Waals surface area contributed by atoms with E-state index in [0.717, 1.165) is 0 Å². The molecule has 1 aliphatic carbocycles. The number of hydrogen-bond donors (Lipinski definition) is 0. The van der Waals surface area contributed by atoms with Crippen molar-refractivity contribution in [2.45, 2.75) is 31.6 Å². The number of carbonyl (C=O) groups is 1. The van der Waals surface area contributed by atoms with Crippen LogP contribution in [0.1, 0.15) is 25.7 Å². The Labute approximate surface area is 115 Å². The van der Waals surface area contributed by atoms with Gasteiger partial charge < -0.3 is 4.74 Å². The Bertz CT molecular complexity index is 445. The highest BCUT2D eigenvalue weighted by atomic mass is 35.5. The molecule has 0 radical (unpaired) electrons. The van der Waals surface area contributed by atoms with Crippen molar-refractivity contribution in [3.8, 4) is 5.75 Å². The number of hydrogen-bond acceptors (Lipinski definition) is 2. The number of ketones is 1. The van der Waals surface area contributed by atoms with Crippen molar-refractivity contribution in [2.75, 3.05) is 6.61 Å². The molecule has 1 aromatic carbocycles. The van der Waals surface area contributed by atoms with Crippen molar-refractivity contribution in [3.05, 3.63) is 29.3 Å². The Morgan fingerprint density at radius 1 is 1.37 bits per heavy atom. The Balaban J connectivity index is 1.74. The number of ether oxygens (including phenoxy) is 1. The fourth-order valence-electron chi connectivity index (χ4n) is 2.29. The molecule has 1 fully saturated rings. The van der Waals surface area contributed by atoms with Crippen LogP contribution in [0, 0.1) is 5.92 Å². The molecule has 0 amide bonds. The minimum Gasteiger partial charge on any atom is -0.486 e. The average molecular weight is 289 g/mol. The van der Waals surface area contributed by atoms with Crippen molar-refractivity contribution in [1.82, 2.24) is 0 Å².